The van der Waals surface area contributed by atoms with Crippen molar-refractivity contribution in [1.29, 1.82) is 0 Å². The second-order valence-electron chi connectivity index (χ2n) is 4.93. The van der Waals surface area contributed by atoms with Crippen LogP contribution in [0.2, 0.25) is 0 Å². The fourth-order valence-electron chi connectivity index (χ4n) is 2.50. The van der Waals surface area contributed by atoms with Crippen LogP contribution in [0.25, 0.3) is 0 Å². The van der Waals surface area contributed by atoms with Gasteiger partial charge in [-0.1, -0.05) is 20.8 Å². The van der Waals surface area contributed by atoms with Crippen LogP contribution >= 0.6 is 0 Å². The zero-order valence-corrected chi connectivity index (χ0v) is 8.01. The van der Waals surface area contributed by atoms with E-state index in [4.69, 9.17) is 0 Å². The molecule has 0 amide bonds. The van der Waals surface area contributed by atoms with Crippen LogP contribution < -0.4 is 0 Å². The van der Waals surface area contributed by atoms with Crippen molar-refractivity contribution in [2.75, 3.05) is 0 Å². The van der Waals surface area contributed by atoms with Crippen LogP contribution in [-0.2, 0) is 0 Å². The highest BCUT2D eigenvalue weighted by Crippen LogP contribution is 2.51. The van der Waals surface area contributed by atoms with E-state index < -0.39 is 0 Å². The molecule has 0 N–H and O–H groups in total. The van der Waals surface area contributed by atoms with Gasteiger partial charge in [0.2, 0.25) is 0 Å². The van der Waals surface area contributed by atoms with Gasteiger partial charge in [-0.15, -0.1) is 0 Å². The molecule has 0 aromatic rings. The summed E-state index contributed by atoms with van der Waals surface area (Å²) < 4.78 is 0. The molecule has 0 radical (unpaired) electrons. The van der Waals surface area contributed by atoms with Gasteiger partial charge in [-0.25, -0.2) is 0 Å². The summed E-state index contributed by atoms with van der Waals surface area (Å²) in [6.07, 6.45) is 4.58. The Bertz CT molecular complexity index is 142. The van der Waals surface area contributed by atoms with Gasteiger partial charge in [-0.05, 0) is 48.9 Å². The lowest BCUT2D eigenvalue weighted by Gasteiger charge is -1.95. The third-order valence-corrected chi connectivity index (χ3v) is 4.19. The van der Waals surface area contributed by atoms with Crippen LogP contribution in [0.1, 0.15) is 40.0 Å². The Morgan fingerprint density at radius 2 is 1.55 bits per heavy atom. The lowest BCUT2D eigenvalue weighted by atomic mass is 10.1. The van der Waals surface area contributed by atoms with Gasteiger partial charge in [0.1, 0.15) is 0 Å². The lowest BCUT2D eigenvalue weighted by molar-refractivity contribution is 0.557. The molecule has 4 atom stereocenters. The topological polar surface area (TPSA) is 0 Å². The predicted molar refractivity (Wildman–Crippen MR) is 48.3 cm³/mol. The molecule has 2 fully saturated rings. The van der Waals surface area contributed by atoms with Gasteiger partial charge in [0.05, 0.1) is 0 Å². The molecule has 2 aliphatic rings. The van der Waals surface area contributed by atoms with E-state index in [1.807, 2.05) is 0 Å². The molecular formula is C11H20. The smallest absolute Gasteiger partial charge is 0.0357 e. The first-order valence-electron chi connectivity index (χ1n) is 5.20. The quantitative estimate of drug-likeness (QED) is 0.582. The van der Waals surface area contributed by atoms with E-state index in [9.17, 15) is 0 Å². The van der Waals surface area contributed by atoms with Crippen molar-refractivity contribution in [3.63, 3.8) is 0 Å². The van der Waals surface area contributed by atoms with Crippen molar-refractivity contribution >= 4 is 0 Å². The first-order chi connectivity index (χ1) is 5.20. The first-order valence-corrected chi connectivity index (χ1v) is 5.20. The molecule has 0 aliphatic heterocycles. The van der Waals surface area contributed by atoms with Crippen LogP contribution in [0.15, 0.2) is 0 Å². The maximum Gasteiger partial charge on any atom is -0.0357 e. The number of hydrogen-bond donors (Lipinski definition) is 0. The van der Waals surface area contributed by atoms with E-state index in [0.29, 0.717) is 0 Å². The molecule has 4 unspecified atom stereocenters. The minimum atomic E-state index is 1.05. The zero-order valence-electron chi connectivity index (χ0n) is 8.01. The first kappa shape index (κ1) is 7.64. The van der Waals surface area contributed by atoms with Crippen LogP contribution in [0.5, 0.6) is 0 Å². The van der Waals surface area contributed by atoms with Crippen LogP contribution in [0.3, 0.4) is 0 Å². The highest BCUT2D eigenvalue weighted by molar-refractivity contribution is 4.92. The Hall–Kier alpha value is 0. The fourth-order valence-corrected chi connectivity index (χ4v) is 2.50. The number of hydrogen-bond acceptors (Lipinski definition) is 0. The van der Waals surface area contributed by atoms with E-state index in [1.165, 1.54) is 19.3 Å². The number of rotatable bonds is 3. The van der Waals surface area contributed by atoms with Gasteiger partial charge in [0.15, 0.2) is 0 Å². The summed E-state index contributed by atoms with van der Waals surface area (Å²) in [5.74, 6) is 5.38. The standard InChI is InChI=1S/C11H20/c1-7-6-10(7)4-5-11-8(2)9(11)3/h7-11H,4-6H2,1-3H3. The van der Waals surface area contributed by atoms with Crippen molar-refractivity contribution in [2.45, 2.75) is 40.0 Å². The summed E-state index contributed by atoms with van der Waals surface area (Å²) in [4.78, 5) is 0. The van der Waals surface area contributed by atoms with Crippen molar-refractivity contribution in [2.24, 2.45) is 29.6 Å². The van der Waals surface area contributed by atoms with Crippen LogP contribution in [-0.4, -0.2) is 0 Å². The van der Waals surface area contributed by atoms with Gasteiger partial charge >= 0.3 is 0 Å². The molecule has 2 rings (SSSR count). The Balaban J connectivity index is 1.62. The monoisotopic (exact) mass is 152 g/mol. The van der Waals surface area contributed by atoms with E-state index in [-0.39, 0.29) is 0 Å². The summed E-state index contributed by atoms with van der Waals surface area (Å²) in [6.45, 7) is 7.21. The largest absolute Gasteiger partial charge is 0.0622 e. The van der Waals surface area contributed by atoms with Gasteiger partial charge in [-0.2, -0.15) is 0 Å². The summed E-state index contributed by atoms with van der Waals surface area (Å²) in [5, 5.41) is 0. The molecule has 0 nitrogen and oxygen atoms in total. The maximum atomic E-state index is 2.41. The third kappa shape index (κ3) is 1.45. The van der Waals surface area contributed by atoms with Gasteiger partial charge in [0, 0.05) is 0 Å². The molecule has 0 aromatic heterocycles. The Morgan fingerprint density at radius 1 is 1.00 bits per heavy atom. The normalized spacial score (nSPS) is 54.3. The Labute approximate surface area is 70.4 Å². The predicted octanol–water partition coefficient (Wildman–Crippen LogP) is 3.32. The summed E-state index contributed by atoms with van der Waals surface area (Å²) in [6, 6.07) is 0. The molecule has 2 saturated carbocycles. The third-order valence-electron chi connectivity index (χ3n) is 4.19. The van der Waals surface area contributed by atoms with E-state index in [1.54, 1.807) is 0 Å². The van der Waals surface area contributed by atoms with Gasteiger partial charge in [0.25, 0.3) is 0 Å². The second-order valence-corrected chi connectivity index (χ2v) is 4.93. The molecule has 0 heterocycles. The average molecular weight is 152 g/mol. The van der Waals surface area contributed by atoms with Gasteiger partial charge in [-0.3, -0.25) is 0 Å². The van der Waals surface area contributed by atoms with E-state index in [0.717, 1.165) is 29.6 Å². The summed E-state index contributed by atoms with van der Waals surface area (Å²) in [5.41, 5.74) is 0. The average Bonchev–Trinajstić information content (AvgIpc) is 2.78. The SMILES string of the molecule is CC1CC1CCC1C(C)C1C. The molecule has 0 heteroatoms. The highest BCUT2D eigenvalue weighted by Gasteiger charge is 2.43. The fraction of sp³-hybridized carbons (Fsp3) is 1.00. The van der Waals surface area contributed by atoms with Crippen molar-refractivity contribution in [1.82, 2.24) is 0 Å². The van der Waals surface area contributed by atoms with Crippen molar-refractivity contribution < 1.29 is 0 Å². The molecule has 64 valence electrons. The lowest BCUT2D eigenvalue weighted by Crippen LogP contribution is -1.84. The molecular weight excluding hydrogens is 132 g/mol. The summed E-state index contributed by atoms with van der Waals surface area (Å²) in [7, 11) is 0. The molecule has 0 bridgehead atoms. The molecule has 0 aromatic carbocycles. The minimum absolute atomic E-state index is 1.05. The van der Waals surface area contributed by atoms with Crippen molar-refractivity contribution in [3.8, 4) is 0 Å². The molecule has 0 saturated heterocycles. The zero-order chi connectivity index (χ0) is 8.01. The van der Waals surface area contributed by atoms with Gasteiger partial charge < -0.3 is 0 Å². The summed E-state index contributed by atoms with van der Waals surface area (Å²) >= 11 is 0. The van der Waals surface area contributed by atoms with Crippen LogP contribution in [0, 0.1) is 29.6 Å². The molecule has 0 spiro atoms. The Morgan fingerprint density at radius 3 is 1.91 bits per heavy atom. The highest BCUT2D eigenvalue weighted by atomic mass is 14.5. The Kier molecular flexibility index (Phi) is 1.74. The van der Waals surface area contributed by atoms with Crippen molar-refractivity contribution in [3.05, 3.63) is 0 Å². The van der Waals surface area contributed by atoms with Crippen LogP contribution in [0.4, 0.5) is 0 Å². The molecule has 11 heavy (non-hydrogen) atoms. The van der Waals surface area contributed by atoms with E-state index in [2.05, 4.69) is 20.8 Å². The maximum absolute atomic E-state index is 2.41. The second kappa shape index (κ2) is 2.50. The minimum Gasteiger partial charge on any atom is -0.0622 e. The van der Waals surface area contributed by atoms with E-state index >= 15 is 0 Å². The molecule has 2 aliphatic carbocycles.